The van der Waals surface area contributed by atoms with Crippen molar-refractivity contribution in [1.29, 1.82) is 0 Å². The van der Waals surface area contributed by atoms with Crippen LogP contribution in [0.1, 0.15) is 18.4 Å². The lowest BCUT2D eigenvalue weighted by Gasteiger charge is -2.31. The molecule has 6 heteroatoms. The Labute approximate surface area is 171 Å². The number of benzene rings is 2. The van der Waals surface area contributed by atoms with Gasteiger partial charge in [-0.1, -0.05) is 24.3 Å². The van der Waals surface area contributed by atoms with Crippen molar-refractivity contribution in [3.8, 4) is 11.5 Å². The average molecular weight is 394 g/mol. The van der Waals surface area contributed by atoms with Gasteiger partial charge in [0.25, 0.3) is 0 Å². The SMILES string of the molecule is COc1ccc(/C=C/C(=O)N2CCCC(C(=O)Nc3ccccc3)C2)cc1OC. The van der Waals surface area contributed by atoms with Gasteiger partial charge < -0.3 is 19.7 Å². The first kappa shape index (κ1) is 20.5. The molecule has 1 unspecified atom stereocenters. The minimum Gasteiger partial charge on any atom is -0.493 e. The van der Waals surface area contributed by atoms with Crippen molar-refractivity contribution >= 4 is 23.6 Å². The fourth-order valence-corrected chi connectivity index (χ4v) is 3.39. The number of likely N-dealkylation sites (tertiary alicyclic amines) is 1. The summed E-state index contributed by atoms with van der Waals surface area (Å²) in [4.78, 5) is 26.9. The number of piperidine rings is 1. The van der Waals surface area contributed by atoms with Crippen LogP contribution in [0.5, 0.6) is 11.5 Å². The molecule has 0 aromatic heterocycles. The van der Waals surface area contributed by atoms with Crippen molar-refractivity contribution in [2.75, 3.05) is 32.6 Å². The molecular formula is C23H26N2O4. The minimum atomic E-state index is -0.206. The number of para-hydroxylation sites is 1. The van der Waals surface area contributed by atoms with E-state index in [1.165, 1.54) is 0 Å². The van der Waals surface area contributed by atoms with Gasteiger partial charge >= 0.3 is 0 Å². The number of hydrogen-bond donors (Lipinski definition) is 1. The van der Waals surface area contributed by atoms with Gasteiger partial charge in [-0.3, -0.25) is 9.59 Å². The summed E-state index contributed by atoms with van der Waals surface area (Å²) < 4.78 is 10.5. The minimum absolute atomic E-state index is 0.0439. The summed E-state index contributed by atoms with van der Waals surface area (Å²) in [5.74, 6) is 0.897. The van der Waals surface area contributed by atoms with Crippen molar-refractivity contribution < 1.29 is 19.1 Å². The molecule has 3 rings (SSSR count). The van der Waals surface area contributed by atoms with Crippen LogP contribution in [-0.2, 0) is 9.59 Å². The van der Waals surface area contributed by atoms with Crippen LogP contribution < -0.4 is 14.8 Å². The molecule has 6 nitrogen and oxygen atoms in total. The van der Waals surface area contributed by atoms with Crippen LogP contribution >= 0.6 is 0 Å². The highest BCUT2D eigenvalue weighted by Gasteiger charge is 2.27. The number of ether oxygens (including phenoxy) is 2. The standard InChI is InChI=1S/C23H26N2O4/c1-28-20-12-10-17(15-21(20)29-2)11-13-22(26)25-14-6-7-18(16-25)23(27)24-19-8-4-3-5-9-19/h3-5,8-13,15,18H,6-7,14,16H2,1-2H3,(H,24,27)/b13-11+. The number of nitrogens with one attached hydrogen (secondary N) is 1. The summed E-state index contributed by atoms with van der Waals surface area (Å²) in [7, 11) is 3.16. The van der Waals surface area contributed by atoms with Crippen LogP contribution in [-0.4, -0.2) is 44.0 Å². The first-order valence-electron chi connectivity index (χ1n) is 9.65. The van der Waals surface area contributed by atoms with E-state index in [1.807, 2.05) is 42.5 Å². The first-order chi connectivity index (χ1) is 14.1. The van der Waals surface area contributed by atoms with E-state index >= 15 is 0 Å². The number of carbonyl (C=O) groups is 2. The second-order valence-electron chi connectivity index (χ2n) is 6.93. The summed E-state index contributed by atoms with van der Waals surface area (Å²) in [6.07, 6.45) is 4.88. The molecule has 2 amide bonds. The molecule has 0 spiro atoms. The highest BCUT2D eigenvalue weighted by Crippen LogP contribution is 2.28. The van der Waals surface area contributed by atoms with Gasteiger partial charge in [0, 0.05) is 24.9 Å². The molecule has 29 heavy (non-hydrogen) atoms. The second-order valence-corrected chi connectivity index (χ2v) is 6.93. The van der Waals surface area contributed by atoms with Gasteiger partial charge in [-0.2, -0.15) is 0 Å². The molecule has 1 heterocycles. The van der Waals surface area contributed by atoms with E-state index in [0.717, 1.165) is 24.1 Å². The summed E-state index contributed by atoms with van der Waals surface area (Å²) in [6.45, 7) is 1.08. The summed E-state index contributed by atoms with van der Waals surface area (Å²) >= 11 is 0. The van der Waals surface area contributed by atoms with Crippen LogP contribution in [0, 0.1) is 5.92 Å². The number of anilines is 1. The molecule has 2 aromatic rings. The molecule has 0 saturated carbocycles. The number of rotatable bonds is 6. The Hall–Kier alpha value is -3.28. The van der Waals surface area contributed by atoms with Gasteiger partial charge in [0.05, 0.1) is 20.1 Å². The lowest BCUT2D eigenvalue weighted by molar-refractivity contribution is -0.130. The summed E-state index contributed by atoms with van der Waals surface area (Å²) in [5.41, 5.74) is 1.61. The maximum absolute atomic E-state index is 12.6. The Bertz CT molecular complexity index is 880. The van der Waals surface area contributed by atoms with Gasteiger partial charge in [0.15, 0.2) is 11.5 Å². The van der Waals surface area contributed by atoms with Gasteiger partial charge in [-0.05, 0) is 48.7 Å². The number of methoxy groups -OCH3 is 2. The molecule has 1 fully saturated rings. The Balaban J connectivity index is 1.60. The number of hydrogen-bond acceptors (Lipinski definition) is 4. The predicted octanol–water partition coefficient (Wildman–Crippen LogP) is 3.59. The molecule has 0 aliphatic carbocycles. The first-order valence-corrected chi connectivity index (χ1v) is 9.65. The predicted molar refractivity (Wildman–Crippen MR) is 113 cm³/mol. The number of amides is 2. The molecule has 0 bridgehead atoms. The smallest absolute Gasteiger partial charge is 0.246 e. The molecule has 1 saturated heterocycles. The van der Waals surface area contributed by atoms with E-state index in [0.29, 0.717) is 24.6 Å². The second kappa shape index (κ2) is 9.78. The maximum atomic E-state index is 12.6. The van der Waals surface area contributed by atoms with E-state index in [2.05, 4.69) is 5.32 Å². The zero-order valence-electron chi connectivity index (χ0n) is 16.8. The number of nitrogens with zero attached hydrogens (tertiary/aromatic N) is 1. The van der Waals surface area contributed by atoms with Crippen molar-refractivity contribution in [3.63, 3.8) is 0 Å². The monoisotopic (exact) mass is 394 g/mol. The Morgan fingerprint density at radius 2 is 1.83 bits per heavy atom. The van der Waals surface area contributed by atoms with Crippen LogP contribution in [0.2, 0.25) is 0 Å². The third-order valence-electron chi connectivity index (χ3n) is 4.97. The van der Waals surface area contributed by atoms with Crippen LogP contribution in [0.15, 0.2) is 54.6 Å². The summed E-state index contributed by atoms with van der Waals surface area (Å²) in [5, 5.41) is 2.93. The zero-order chi connectivity index (χ0) is 20.6. The van der Waals surface area contributed by atoms with Crippen LogP contribution in [0.3, 0.4) is 0 Å². The Morgan fingerprint density at radius 1 is 1.07 bits per heavy atom. The molecular weight excluding hydrogens is 368 g/mol. The van der Waals surface area contributed by atoms with Crippen molar-refractivity contribution in [2.24, 2.45) is 5.92 Å². The number of carbonyl (C=O) groups excluding carboxylic acids is 2. The topological polar surface area (TPSA) is 67.9 Å². The van der Waals surface area contributed by atoms with Crippen LogP contribution in [0.4, 0.5) is 5.69 Å². The zero-order valence-corrected chi connectivity index (χ0v) is 16.8. The fourth-order valence-electron chi connectivity index (χ4n) is 3.39. The van der Waals surface area contributed by atoms with Gasteiger partial charge in [-0.25, -0.2) is 0 Å². The lowest BCUT2D eigenvalue weighted by Crippen LogP contribution is -2.43. The largest absolute Gasteiger partial charge is 0.493 e. The third-order valence-corrected chi connectivity index (χ3v) is 4.97. The highest BCUT2D eigenvalue weighted by atomic mass is 16.5. The third kappa shape index (κ3) is 5.38. The molecule has 1 aliphatic rings. The van der Waals surface area contributed by atoms with Gasteiger partial charge in [0.2, 0.25) is 11.8 Å². The van der Waals surface area contributed by atoms with Crippen molar-refractivity contribution in [1.82, 2.24) is 4.90 Å². The molecule has 1 aliphatic heterocycles. The lowest BCUT2D eigenvalue weighted by atomic mass is 9.97. The van der Waals surface area contributed by atoms with Gasteiger partial charge in [0.1, 0.15) is 0 Å². The van der Waals surface area contributed by atoms with Crippen molar-refractivity contribution in [2.45, 2.75) is 12.8 Å². The molecule has 2 aromatic carbocycles. The average Bonchev–Trinajstić information content (AvgIpc) is 2.78. The molecule has 1 N–H and O–H groups in total. The molecule has 0 radical (unpaired) electrons. The normalized spacial score (nSPS) is 16.5. The quantitative estimate of drug-likeness (QED) is 0.761. The van der Waals surface area contributed by atoms with E-state index in [-0.39, 0.29) is 17.7 Å². The van der Waals surface area contributed by atoms with E-state index < -0.39 is 0 Å². The van der Waals surface area contributed by atoms with Crippen molar-refractivity contribution in [3.05, 3.63) is 60.2 Å². The van der Waals surface area contributed by atoms with E-state index in [1.54, 1.807) is 37.3 Å². The molecule has 152 valence electrons. The van der Waals surface area contributed by atoms with E-state index in [4.69, 9.17) is 9.47 Å². The molecule has 1 atom stereocenters. The Morgan fingerprint density at radius 3 is 2.55 bits per heavy atom. The Kier molecular flexibility index (Phi) is 6.89. The van der Waals surface area contributed by atoms with Crippen LogP contribution in [0.25, 0.3) is 6.08 Å². The van der Waals surface area contributed by atoms with Gasteiger partial charge in [-0.15, -0.1) is 0 Å². The summed E-state index contributed by atoms with van der Waals surface area (Å²) in [6, 6.07) is 14.9. The van der Waals surface area contributed by atoms with E-state index in [9.17, 15) is 9.59 Å². The maximum Gasteiger partial charge on any atom is 0.246 e. The highest BCUT2D eigenvalue weighted by molar-refractivity contribution is 5.95. The fraction of sp³-hybridized carbons (Fsp3) is 0.304.